The fraction of sp³-hybridized carbons (Fsp3) is 0.440. The Morgan fingerprint density at radius 1 is 1.18 bits per heavy atom. The number of hydrogen-bond acceptors (Lipinski definition) is 4. The summed E-state index contributed by atoms with van der Waals surface area (Å²) < 4.78 is 25.4. The molecule has 0 unspecified atom stereocenters. The molecule has 0 saturated heterocycles. The van der Waals surface area contributed by atoms with E-state index < -0.39 is 9.84 Å². The van der Waals surface area contributed by atoms with Gasteiger partial charge in [-0.1, -0.05) is 25.3 Å². The molecule has 1 aromatic carbocycles. The van der Waals surface area contributed by atoms with Crippen LogP contribution in [0.3, 0.4) is 0 Å². The van der Waals surface area contributed by atoms with Gasteiger partial charge in [0, 0.05) is 48.8 Å². The van der Waals surface area contributed by atoms with E-state index in [1.54, 1.807) is 30.4 Å². The van der Waals surface area contributed by atoms with E-state index in [0.29, 0.717) is 35.8 Å². The van der Waals surface area contributed by atoms with Crippen LogP contribution in [0.5, 0.6) is 0 Å². The molecule has 1 aliphatic heterocycles. The summed E-state index contributed by atoms with van der Waals surface area (Å²) >= 11 is 0. The van der Waals surface area contributed by atoms with E-state index in [0.717, 1.165) is 34.9 Å². The second-order valence-corrected chi connectivity index (χ2v) is 11.9. The second kappa shape index (κ2) is 8.61. The van der Waals surface area contributed by atoms with Crippen LogP contribution in [0.1, 0.15) is 43.2 Å². The van der Waals surface area contributed by atoms with Crippen LogP contribution in [0.4, 0.5) is 10.5 Å². The lowest BCUT2D eigenvalue weighted by Crippen LogP contribution is -2.41. The van der Waals surface area contributed by atoms with Gasteiger partial charge in [0.05, 0.1) is 18.0 Å². The normalized spacial score (nSPS) is 16.4. The smallest absolute Gasteiger partial charge is 0.322 e. The van der Waals surface area contributed by atoms with Gasteiger partial charge in [-0.05, 0) is 42.0 Å². The fourth-order valence-corrected chi connectivity index (χ4v) is 6.13. The number of aromatic amines is 1. The maximum Gasteiger partial charge on any atom is 0.322 e. The topological polar surface area (TPSA) is 104 Å². The lowest BCUT2D eigenvalue weighted by molar-refractivity contribution is 0.241. The van der Waals surface area contributed by atoms with Crippen molar-refractivity contribution in [3.63, 3.8) is 0 Å². The van der Waals surface area contributed by atoms with E-state index in [1.165, 1.54) is 30.1 Å². The Labute approximate surface area is 198 Å². The van der Waals surface area contributed by atoms with Crippen LogP contribution in [-0.2, 0) is 29.2 Å². The number of rotatable bonds is 4. The molecule has 2 aliphatic rings. The van der Waals surface area contributed by atoms with Gasteiger partial charge in [-0.2, -0.15) is 0 Å². The van der Waals surface area contributed by atoms with Gasteiger partial charge in [0.15, 0.2) is 9.84 Å². The number of nitrogens with zero attached hydrogens (tertiary/aromatic N) is 2. The number of pyridine rings is 1. The van der Waals surface area contributed by atoms with Crippen molar-refractivity contribution in [3.05, 3.63) is 52.1 Å². The summed E-state index contributed by atoms with van der Waals surface area (Å²) in [5.41, 5.74) is 4.10. The summed E-state index contributed by atoms with van der Waals surface area (Å²) in [5.74, 6) is 0.405. The molecule has 1 fully saturated rings. The Morgan fingerprint density at radius 2 is 1.94 bits per heavy atom. The quantitative estimate of drug-likeness (QED) is 0.592. The Bertz CT molecular complexity index is 1430. The minimum absolute atomic E-state index is 0.0942. The third-order valence-corrected chi connectivity index (χ3v) is 7.86. The summed E-state index contributed by atoms with van der Waals surface area (Å²) in [6.45, 7) is 0.959. The van der Waals surface area contributed by atoms with Crippen molar-refractivity contribution in [2.24, 2.45) is 13.0 Å². The van der Waals surface area contributed by atoms with Crippen molar-refractivity contribution >= 4 is 32.5 Å². The SMILES string of the molecule is Cn1cc2c3c(c[nH]c3c1=O)CN(C(=O)NCC1CCCCC1)c1ccc(CS(C)(=O)=O)cc1-2. The van der Waals surface area contributed by atoms with E-state index in [-0.39, 0.29) is 17.3 Å². The van der Waals surface area contributed by atoms with E-state index in [2.05, 4.69) is 10.3 Å². The first-order valence-electron chi connectivity index (χ1n) is 11.8. The summed E-state index contributed by atoms with van der Waals surface area (Å²) in [5, 5.41) is 3.91. The second-order valence-electron chi connectivity index (χ2n) is 9.72. The number of aromatic nitrogens is 2. The molecular formula is C25H30N4O4S. The molecule has 2 aromatic heterocycles. The molecule has 2 amide bonds. The van der Waals surface area contributed by atoms with Crippen molar-refractivity contribution in [1.29, 1.82) is 0 Å². The fourth-order valence-electron chi connectivity index (χ4n) is 5.34. The van der Waals surface area contributed by atoms with E-state index in [4.69, 9.17) is 0 Å². The summed E-state index contributed by atoms with van der Waals surface area (Å²) in [4.78, 5) is 31.0. The summed E-state index contributed by atoms with van der Waals surface area (Å²) in [7, 11) is -1.54. The molecule has 3 heterocycles. The van der Waals surface area contributed by atoms with Gasteiger partial charge in [-0.15, -0.1) is 0 Å². The number of amides is 2. The van der Waals surface area contributed by atoms with Crippen LogP contribution < -0.4 is 15.8 Å². The maximum absolute atomic E-state index is 13.4. The van der Waals surface area contributed by atoms with Gasteiger partial charge < -0.3 is 14.9 Å². The first kappa shape index (κ1) is 22.7. The molecule has 0 atom stereocenters. The average molecular weight is 483 g/mol. The van der Waals surface area contributed by atoms with Gasteiger partial charge in [0.1, 0.15) is 5.52 Å². The molecule has 3 aromatic rings. The Balaban J connectivity index is 1.60. The first-order valence-corrected chi connectivity index (χ1v) is 13.8. The minimum atomic E-state index is -3.23. The minimum Gasteiger partial charge on any atom is -0.356 e. The van der Waals surface area contributed by atoms with E-state index in [1.807, 2.05) is 12.1 Å². The predicted octanol–water partition coefficient (Wildman–Crippen LogP) is 3.69. The number of urea groups is 1. The number of sulfone groups is 1. The molecule has 0 radical (unpaired) electrons. The molecule has 2 N–H and O–H groups in total. The van der Waals surface area contributed by atoms with Crippen LogP contribution in [0.25, 0.3) is 22.0 Å². The zero-order valence-corrected chi connectivity index (χ0v) is 20.4. The molecular weight excluding hydrogens is 452 g/mol. The van der Waals surface area contributed by atoms with Crippen LogP contribution >= 0.6 is 0 Å². The Hall–Kier alpha value is -3.07. The zero-order valence-electron chi connectivity index (χ0n) is 19.6. The number of anilines is 1. The zero-order chi connectivity index (χ0) is 24.0. The van der Waals surface area contributed by atoms with Crippen molar-refractivity contribution in [3.8, 4) is 11.1 Å². The monoisotopic (exact) mass is 482 g/mol. The molecule has 180 valence electrons. The molecule has 0 bridgehead atoms. The molecule has 9 heteroatoms. The molecule has 8 nitrogen and oxygen atoms in total. The number of hydrogen-bond donors (Lipinski definition) is 2. The first-order chi connectivity index (χ1) is 16.2. The standard InChI is InChI=1S/C25H30N4O4S/c1-28-14-20-19-10-17(15-34(2,32)33)8-9-21(19)29(13-18-12-26-23(22(18)20)24(28)30)25(31)27-11-16-6-4-3-5-7-16/h8-10,12,14,16,26H,3-7,11,13,15H2,1-2H3,(H,27,31). The van der Waals surface area contributed by atoms with E-state index in [9.17, 15) is 18.0 Å². The van der Waals surface area contributed by atoms with Gasteiger partial charge in [0.2, 0.25) is 0 Å². The molecule has 1 saturated carbocycles. The van der Waals surface area contributed by atoms with Crippen LogP contribution in [0.15, 0.2) is 35.4 Å². The number of carbonyl (C=O) groups excluding carboxylic acids is 1. The highest BCUT2D eigenvalue weighted by Gasteiger charge is 2.28. The number of fused-ring (bicyclic) bond motifs is 2. The highest BCUT2D eigenvalue weighted by molar-refractivity contribution is 7.89. The lowest BCUT2D eigenvalue weighted by atomic mass is 9.89. The maximum atomic E-state index is 13.4. The molecule has 5 rings (SSSR count). The number of carbonyl (C=O) groups is 1. The lowest BCUT2D eigenvalue weighted by Gasteiger charge is -2.27. The van der Waals surface area contributed by atoms with Crippen molar-refractivity contribution in [1.82, 2.24) is 14.9 Å². The third kappa shape index (κ3) is 4.24. The van der Waals surface area contributed by atoms with Crippen molar-refractivity contribution in [2.45, 2.75) is 44.4 Å². The number of nitrogens with one attached hydrogen (secondary N) is 2. The van der Waals surface area contributed by atoms with Gasteiger partial charge in [0.25, 0.3) is 5.56 Å². The number of H-pyrrole nitrogens is 1. The van der Waals surface area contributed by atoms with Crippen LogP contribution in [0, 0.1) is 5.92 Å². The Morgan fingerprint density at radius 3 is 2.68 bits per heavy atom. The van der Waals surface area contributed by atoms with E-state index >= 15 is 0 Å². The predicted molar refractivity (Wildman–Crippen MR) is 134 cm³/mol. The third-order valence-electron chi connectivity index (χ3n) is 7.00. The van der Waals surface area contributed by atoms with Gasteiger partial charge in [-0.3, -0.25) is 9.69 Å². The van der Waals surface area contributed by atoms with Crippen LogP contribution in [-0.4, -0.2) is 36.8 Å². The number of aryl methyl sites for hydroxylation is 1. The largest absolute Gasteiger partial charge is 0.356 e. The van der Waals surface area contributed by atoms with Crippen molar-refractivity contribution in [2.75, 3.05) is 17.7 Å². The number of benzene rings is 1. The molecule has 0 spiro atoms. The van der Waals surface area contributed by atoms with Gasteiger partial charge in [-0.25, -0.2) is 13.2 Å². The molecule has 34 heavy (non-hydrogen) atoms. The summed E-state index contributed by atoms with van der Waals surface area (Å²) in [6, 6.07) is 5.24. The highest BCUT2D eigenvalue weighted by atomic mass is 32.2. The van der Waals surface area contributed by atoms with Gasteiger partial charge >= 0.3 is 6.03 Å². The summed E-state index contributed by atoms with van der Waals surface area (Å²) in [6.07, 6.45) is 10.7. The Kier molecular flexibility index (Phi) is 5.75. The average Bonchev–Trinajstić information content (AvgIpc) is 3.16. The van der Waals surface area contributed by atoms with Crippen LogP contribution in [0.2, 0.25) is 0 Å². The molecule has 1 aliphatic carbocycles. The van der Waals surface area contributed by atoms with Crippen molar-refractivity contribution < 1.29 is 13.2 Å². The highest BCUT2D eigenvalue weighted by Crippen LogP contribution is 2.41.